The number of pyridine rings is 1. The second-order valence-corrected chi connectivity index (χ2v) is 8.18. The topological polar surface area (TPSA) is 71.1 Å². The summed E-state index contributed by atoms with van der Waals surface area (Å²) in [5.74, 6) is 1.36. The van der Waals surface area contributed by atoms with Crippen LogP contribution in [0.25, 0.3) is 0 Å². The fourth-order valence-corrected chi connectivity index (χ4v) is 4.06. The van der Waals surface area contributed by atoms with Gasteiger partial charge in [0.1, 0.15) is 0 Å². The Kier molecular flexibility index (Phi) is 6.45. The van der Waals surface area contributed by atoms with Gasteiger partial charge in [-0.3, -0.25) is 14.6 Å². The zero-order chi connectivity index (χ0) is 20.1. The van der Waals surface area contributed by atoms with Crippen molar-refractivity contribution in [1.82, 2.24) is 10.3 Å². The summed E-state index contributed by atoms with van der Waals surface area (Å²) in [6.07, 6.45) is 6.54. The maximum absolute atomic E-state index is 12.9. The predicted molar refractivity (Wildman–Crippen MR) is 111 cm³/mol. The number of benzene rings is 1. The fourth-order valence-electron chi connectivity index (χ4n) is 4.06. The second-order valence-electron chi connectivity index (χ2n) is 8.18. The molecule has 5 nitrogen and oxygen atoms in total. The van der Waals surface area contributed by atoms with Crippen LogP contribution in [0.1, 0.15) is 60.7 Å². The summed E-state index contributed by atoms with van der Waals surface area (Å²) in [4.78, 5) is 29.1. The summed E-state index contributed by atoms with van der Waals surface area (Å²) < 4.78 is 0. The average Bonchev–Trinajstić information content (AvgIpc) is 2.68. The van der Waals surface area contributed by atoms with Crippen LogP contribution in [-0.4, -0.2) is 22.8 Å². The molecule has 0 radical (unpaired) electrons. The van der Waals surface area contributed by atoms with E-state index in [0.29, 0.717) is 34.6 Å². The molecule has 0 aliphatic heterocycles. The van der Waals surface area contributed by atoms with Gasteiger partial charge in [-0.05, 0) is 60.9 Å². The highest BCUT2D eigenvalue weighted by Crippen LogP contribution is 2.33. The van der Waals surface area contributed by atoms with Crippen molar-refractivity contribution in [3.63, 3.8) is 0 Å². The van der Waals surface area contributed by atoms with Crippen molar-refractivity contribution >= 4 is 17.5 Å². The third kappa shape index (κ3) is 4.97. The Bertz CT molecular complexity index is 820. The summed E-state index contributed by atoms with van der Waals surface area (Å²) >= 11 is 0. The number of nitrogens with zero attached hydrogens (tertiary/aromatic N) is 1. The van der Waals surface area contributed by atoms with Crippen LogP contribution in [0.2, 0.25) is 0 Å². The van der Waals surface area contributed by atoms with Gasteiger partial charge in [0.05, 0.1) is 5.56 Å². The lowest BCUT2D eigenvalue weighted by Gasteiger charge is -2.37. The Balaban J connectivity index is 1.69. The number of carbonyl (C=O) groups excluding carboxylic acids is 2. The molecule has 1 heterocycles. The SMILES string of the molecule is CC1CCC(C(C)C)C(NC(=O)c2cccc(NC(=O)c3cccnc3)c2)C1. The van der Waals surface area contributed by atoms with E-state index in [2.05, 4.69) is 36.4 Å². The third-order valence-corrected chi connectivity index (χ3v) is 5.65. The Morgan fingerprint density at radius 3 is 2.57 bits per heavy atom. The van der Waals surface area contributed by atoms with Gasteiger partial charge in [-0.2, -0.15) is 0 Å². The lowest BCUT2D eigenvalue weighted by molar-refractivity contribution is 0.0867. The molecule has 3 atom stereocenters. The molecule has 2 N–H and O–H groups in total. The third-order valence-electron chi connectivity index (χ3n) is 5.65. The van der Waals surface area contributed by atoms with Gasteiger partial charge in [-0.1, -0.05) is 33.3 Å². The van der Waals surface area contributed by atoms with Crippen LogP contribution < -0.4 is 10.6 Å². The monoisotopic (exact) mass is 379 g/mol. The van der Waals surface area contributed by atoms with Gasteiger partial charge in [0.2, 0.25) is 0 Å². The van der Waals surface area contributed by atoms with E-state index in [1.54, 1.807) is 42.6 Å². The van der Waals surface area contributed by atoms with E-state index in [0.717, 1.165) is 12.8 Å². The van der Waals surface area contributed by atoms with Crippen molar-refractivity contribution < 1.29 is 9.59 Å². The Morgan fingerprint density at radius 2 is 1.86 bits per heavy atom. The summed E-state index contributed by atoms with van der Waals surface area (Å²) in [5, 5.41) is 6.08. The van der Waals surface area contributed by atoms with Crippen LogP contribution in [0.3, 0.4) is 0 Å². The van der Waals surface area contributed by atoms with Gasteiger partial charge < -0.3 is 10.6 Å². The van der Waals surface area contributed by atoms with E-state index in [1.807, 2.05) is 0 Å². The van der Waals surface area contributed by atoms with Crippen molar-refractivity contribution in [1.29, 1.82) is 0 Å². The first-order chi connectivity index (χ1) is 13.4. The van der Waals surface area contributed by atoms with E-state index in [-0.39, 0.29) is 17.9 Å². The minimum atomic E-state index is -0.244. The molecule has 1 fully saturated rings. The zero-order valence-electron chi connectivity index (χ0n) is 16.8. The van der Waals surface area contributed by atoms with Gasteiger partial charge in [0.15, 0.2) is 0 Å². The molecule has 148 valence electrons. The molecule has 2 aromatic rings. The van der Waals surface area contributed by atoms with Crippen LogP contribution in [0.15, 0.2) is 48.8 Å². The first-order valence-electron chi connectivity index (χ1n) is 10.1. The highest BCUT2D eigenvalue weighted by molar-refractivity contribution is 6.04. The molecule has 3 unspecified atom stereocenters. The van der Waals surface area contributed by atoms with Gasteiger partial charge in [-0.25, -0.2) is 0 Å². The lowest BCUT2D eigenvalue weighted by atomic mass is 9.74. The first-order valence-corrected chi connectivity index (χ1v) is 10.1. The molecule has 2 amide bonds. The van der Waals surface area contributed by atoms with Crippen LogP contribution in [-0.2, 0) is 0 Å². The number of rotatable bonds is 5. The quantitative estimate of drug-likeness (QED) is 0.802. The van der Waals surface area contributed by atoms with Crippen LogP contribution in [0.5, 0.6) is 0 Å². The zero-order valence-corrected chi connectivity index (χ0v) is 16.8. The van der Waals surface area contributed by atoms with E-state index >= 15 is 0 Å². The van der Waals surface area contributed by atoms with Crippen LogP contribution in [0, 0.1) is 17.8 Å². The molecular weight excluding hydrogens is 350 g/mol. The smallest absolute Gasteiger partial charge is 0.257 e. The van der Waals surface area contributed by atoms with Crippen molar-refractivity contribution in [2.24, 2.45) is 17.8 Å². The number of hydrogen-bond acceptors (Lipinski definition) is 3. The van der Waals surface area contributed by atoms with Crippen molar-refractivity contribution in [3.05, 3.63) is 59.9 Å². The Labute approximate surface area is 167 Å². The number of nitrogens with one attached hydrogen (secondary N) is 2. The van der Waals surface area contributed by atoms with Crippen molar-refractivity contribution in [3.8, 4) is 0 Å². The number of amides is 2. The largest absolute Gasteiger partial charge is 0.349 e. The normalized spacial score (nSPS) is 21.9. The number of aromatic nitrogens is 1. The summed E-state index contributed by atoms with van der Waals surface area (Å²) in [7, 11) is 0. The van der Waals surface area contributed by atoms with Gasteiger partial charge in [-0.15, -0.1) is 0 Å². The van der Waals surface area contributed by atoms with Gasteiger partial charge in [0, 0.05) is 29.7 Å². The molecule has 1 aliphatic rings. The number of hydrogen-bond donors (Lipinski definition) is 2. The summed E-state index contributed by atoms with van der Waals surface area (Å²) in [5.41, 5.74) is 1.64. The molecule has 0 spiro atoms. The summed E-state index contributed by atoms with van der Waals surface area (Å²) in [6.45, 7) is 6.72. The molecule has 1 aromatic heterocycles. The molecule has 0 bridgehead atoms. The van der Waals surface area contributed by atoms with Crippen LogP contribution in [0.4, 0.5) is 5.69 Å². The van der Waals surface area contributed by atoms with Crippen LogP contribution >= 0.6 is 0 Å². The molecule has 1 saturated carbocycles. The molecule has 1 aliphatic carbocycles. The van der Waals surface area contributed by atoms with Crippen molar-refractivity contribution in [2.45, 2.75) is 46.1 Å². The second kappa shape index (κ2) is 9.00. The molecule has 1 aromatic carbocycles. The average molecular weight is 380 g/mol. The fraction of sp³-hybridized carbons (Fsp3) is 0.435. The van der Waals surface area contributed by atoms with Crippen molar-refractivity contribution in [2.75, 3.05) is 5.32 Å². The van der Waals surface area contributed by atoms with Gasteiger partial charge in [0.25, 0.3) is 11.8 Å². The molecule has 0 saturated heterocycles. The Morgan fingerprint density at radius 1 is 1.07 bits per heavy atom. The van der Waals surface area contributed by atoms with E-state index < -0.39 is 0 Å². The minimum absolute atomic E-state index is 0.0813. The van der Waals surface area contributed by atoms with E-state index in [1.165, 1.54) is 12.6 Å². The Hall–Kier alpha value is -2.69. The van der Waals surface area contributed by atoms with E-state index in [4.69, 9.17) is 0 Å². The molecule has 3 rings (SSSR count). The highest BCUT2D eigenvalue weighted by atomic mass is 16.2. The summed E-state index contributed by atoms with van der Waals surface area (Å²) in [6, 6.07) is 10.7. The first kappa shape index (κ1) is 20.1. The lowest BCUT2D eigenvalue weighted by Crippen LogP contribution is -2.45. The standard InChI is InChI=1S/C23H29N3O2/c1-15(2)20-10-9-16(3)12-21(20)26-22(27)17-6-4-8-19(13-17)25-23(28)18-7-5-11-24-14-18/h4-8,11,13-16,20-21H,9-10,12H2,1-3H3,(H,25,28)(H,26,27). The number of carbonyl (C=O) groups is 2. The predicted octanol–water partition coefficient (Wildman–Crippen LogP) is 4.52. The molecule has 5 heteroatoms. The minimum Gasteiger partial charge on any atom is -0.349 e. The molecule has 28 heavy (non-hydrogen) atoms. The van der Waals surface area contributed by atoms with E-state index in [9.17, 15) is 9.59 Å². The highest BCUT2D eigenvalue weighted by Gasteiger charge is 2.31. The maximum Gasteiger partial charge on any atom is 0.257 e. The number of anilines is 1. The molecular formula is C23H29N3O2. The van der Waals surface area contributed by atoms with Gasteiger partial charge >= 0.3 is 0 Å². The maximum atomic E-state index is 12.9.